The first kappa shape index (κ1) is 17.4. The Kier molecular flexibility index (Phi) is 4.41. The minimum atomic E-state index is -0.433. The number of fused-ring (bicyclic) bond motifs is 4. The second-order valence-electron chi connectivity index (χ2n) is 8.11. The van der Waals surface area contributed by atoms with E-state index in [2.05, 4.69) is 0 Å². The highest BCUT2D eigenvalue weighted by Gasteiger charge is 2.48. The fraction of sp³-hybridized carbons (Fsp3) is 0.619. The Labute approximate surface area is 155 Å². The molecule has 5 nitrogen and oxygen atoms in total. The van der Waals surface area contributed by atoms with Gasteiger partial charge >= 0.3 is 0 Å². The van der Waals surface area contributed by atoms with Gasteiger partial charge in [0.2, 0.25) is 11.8 Å². The predicted molar refractivity (Wildman–Crippen MR) is 99.0 cm³/mol. The highest BCUT2D eigenvalue weighted by Crippen LogP contribution is 2.44. The molecule has 2 atom stereocenters. The highest BCUT2D eigenvalue weighted by molar-refractivity contribution is 5.90. The SMILES string of the molecule is COc1ccc(C2(C(=O)N3C[C@H]4CC[C@@H](C3)N(C)C4=O)CCCC2)cc1. The van der Waals surface area contributed by atoms with Gasteiger partial charge in [-0.1, -0.05) is 25.0 Å². The highest BCUT2D eigenvalue weighted by atomic mass is 16.5. The van der Waals surface area contributed by atoms with Crippen molar-refractivity contribution in [2.45, 2.75) is 50.0 Å². The van der Waals surface area contributed by atoms with Crippen molar-refractivity contribution in [1.82, 2.24) is 9.80 Å². The predicted octanol–water partition coefficient (Wildman–Crippen LogP) is 2.59. The van der Waals surface area contributed by atoms with Gasteiger partial charge in [-0.05, 0) is 43.4 Å². The van der Waals surface area contributed by atoms with Crippen LogP contribution in [0.2, 0.25) is 0 Å². The summed E-state index contributed by atoms with van der Waals surface area (Å²) in [5.74, 6) is 1.22. The molecule has 1 aromatic rings. The van der Waals surface area contributed by atoms with Crippen molar-refractivity contribution in [3.05, 3.63) is 29.8 Å². The van der Waals surface area contributed by atoms with Crippen LogP contribution < -0.4 is 4.74 Å². The minimum Gasteiger partial charge on any atom is -0.497 e. The van der Waals surface area contributed by atoms with Crippen molar-refractivity contribution >= 4 is 11.8 Å². The summed E-state index contributed by atoms with van der Waals surface area (Å²) in [7, 11) is 3.55. The van der Waals surface area contributed by atoms with Crippen molar-refractivity contribution < 1.29 is 14.3 Å². The van der Waals surface area contributed by atoms with Crippen molar-refractivity contribution in [2.24, 2.45) is 5.92 Å². The zero-order valence-corrected chi connectivity index (χ0v) is 15.7. The van der Waals surface area contributed by atoms with E-state index in [4.69, 9.17) is 4.74 Å². The number of nitrogens with zero attached hydrogens (tertiary/aromatic N) is 2. The molecule has 1 aliphatic carbocycles. The molecule has 3 saturated heterocycles. The number of hydrogen-bond acceptors (Lipinski definition) is 3. The number of benzene rings is 1. The van der Waals surface area contributed by atoms with Crippen molar-refractivity contribution in [1.29, 1.82) is 0 Å². The van der Waals surface area contributed by atoms with Crippen molar-refractivity contribution in [3.8, 4) is 5.75 Å². The molecule has 3 heterocycles. The van der Waals surface area contributed by atoms with Crippen LogP contribution >= 0.6 is 0 Å². The Hall–Kier alpha value is -2.04. The van der Waals surface area contributed by atoms with Gasteiger partial charge in [0.15, 0.2) is 0 Å². The first-order chi connectivity index (χ1) is 12.5. The van der Waals surface area contributed by atoms with Crippen LogP contribution in [0.15, 0.2) is 24.3 Å². The lowest BCUT2D eigenvalue weighted by Crippen LogP contribution is -2.48. The fourth-order valence-electron chi connectivity index (χ4n) is 5.14. The first-order valence-electron chi connectivity index (χ1n) is 9.76. The van der Waals surface area contributed by atoms with E-state index in [-0.39, 0.29) is 23.8 Å². The molecule has 26 heavy (non-hydrogen) atoms. The third-order valence-corrected chi connectivity index (χ3v) is 6.76. The van der Waals surface area contributed by atoms with Crippen LogP contribution in [0, 0.1) is 5.92 Å². The van der Waals surface area contributed by atoms with E-state index in [1.54, 1.807) is 7.11 Å². The zero-order chi connectivity index (χ0) is 18.3. The molecule has 1 aromatic carbocycles. The van der Waals surface area contributed by atoms with Gasteiger partial charge in [-0.25, -0.2) is 0 Å². The maximum absolute atomic E-state index is 13.7. The van der Waals surface area contributed by atoms with Gasteiger partial charge in [0.1, 0.15) is 5.75 Å². The molecule has 0 aromatic heterocycles. The number of rotatable bonds is 3. The van der Waals surface area contributed by atoms with Crippen LogP contribution in [0.4, 0.5) is 0 Å². The second kappa shape index (κ2) is 6.60. The molecule has 2 bridgehead atoms. The summed E-state index contributed by atoms with van der Waals surface area (Å²) in [6.07, 6.45) is 5.87. The molecule has 1 saturated carbocycles. The number of hydrogen-bond donors (Lipinski definition) is 0. The average Bonchev–Trinajstić information content (AvgIpc) is 3.02. The average molecular weight is 356 g/mol. The monoisotopic (exact) mass is 356 g/mol. The van der Waals surface area contributed by atoms with Gasteiger partial charge in [0.25, 0.3) is 0 Å². The van der Waals surface area contributed by atoms with Crippen molar-refractivity contribution in [2.75, 3.05) is 27.2 Å². The van der Waals surface area contributed by atoms with Crippen LogP contribution in [-0.4, -0.2) is 54.9 Å². The van der Waals surface area contributed by atoms with Crippen LogP contribution in [0.3, 0.4) is 0 Å². The molecule has 0 N–H and O–H groups in total. The lowest BCUT2D eigenvalue weighted by Gasteiger charge is -2.35. The molecule has 0 spiro atoms. The van der Waals surface area contributed by atoms with Crippen LogP contribution in [0.5, 0.6) is 5.75 Å². The summed E-state index contributed by atoms with van der Waals surface area (Å²) in [5.41, 5.74) is 0.662. The van der Waals surface area contributed by atoms with Gasteiger partial charge in [0, 0.05) is 26.2 Å². The number of piperidine rings is 1. The summed E-state index contributed by atoms with van der Waals surface area (Å²) in [4.78, 5) is 30.1. The molecule has 5 heteroatoms. The summed E-state index contributed by atoms with van der Waals surface area (Å²) in [5, 5.41) is 0. The summed E-state index contributed by atoms with van der Waals surface area (Å²) >= 11 is 0. The van der Waals surface area contributed by atoms with Gasteiger partial charge in [0.05, 0.1) is 18.4 Å². The second-order valence-corrected chi connectivity index (χ2v) is 8.11. The molecule has 5 rings (SSSR count). The lowest BCUT2D eigenvalue weighted by atomic mass is 9.77. The van der Waals surface area contributed by atoms with E-state index in [1.807, 2.05) is 41.1 Å². The summed E-state index contributed by atoms with van der Waals surface area (Å²) < 4.78 is 5.28. The maximum atomic E-state index is 13.7. The van der Waals surface area contributed by atoms with Crippen LogP contribution in [0.1, 0.15) is 44.1 Å². The Bertz CT molecular complexity index is 694. The van der Waals surface area contributed by atoms with Gasteiger partial charge in [-0.3, -0.25) is 9.59 Å². The number of amides is 2. The lowest BCUT2D eigenvalue weighted by molar-refractivity contribution is -0.138. The zero-order valence-electron chi connectivity index (χ0n) is 15.7. The minimum absolute atomic E-state index is 0.0305. The summed E-state index contributed by atoms with van der Waals surface area (Å²) in [6, 6.07) is 8.16. The molecule has 140 valence electrons. The molecule has 4 fully saturated rings. The number of carbonyl (C=O) groups is 2. The molecule has 2 amide bonds. The van der Waals surface area contributed by atoms with Gasteiger partial charge in [-0.15, -0.1) is 0 Å². The molecule has 3 aliphatic heterocycles. The van der Waals surface area contributed by atoms with Gasteiger partial charge < -0.3 is 14.5 Å². The smallest absolute Gasteiger partial charge is 0.233 e. The Morgan fingerprint density at radius 1 is 1.12 bits per heavy atom. The van der Waals surface area contributed by atoms with E-state index >= 15 is 0 Å². The maximum Gasteiger partial charge on any atom is 0.233 e. The third kappa shape index (κ3) is 2.68. The quantitative estimate of drug-likeness (QED) is 0.836. The molecule has 0 radical (unpaired) electrons. The van der Waals surface area contributed by atoms with E-state index in [1.165, 1.54) is 0 Å². The summed E-state index contributed by atoms with van der Waals surface area (Å²) in [6.45, 7) is 1.26. The van der Waals surface area contributed by atoms with E-state index in [0.29, 0.717) is 13.1 Å². The molecule has 4 aliphatic rings. The number of ether oxygens (including phenoxy) is 1. The van der Waals surface area contributed by atoms with E-state index in [0.717, 1.165) is 49.8 Å². The van der Waals surface area contributed by atoms with Crippen molar-refractivity contribution in [3.63, 3.8) is 0 Å². The third-order valence-electron chi connectivity index (χ3n) is 6.76. The van der Waals surface area contributed by atoms with Crippen LogP contribution in [0.25, 0.3) is 0 Å². The Morgan fingerprint density at radius 3 is 2.46 bits per heavy atom. The molecular weight excluding hydrogens is 328 g/mol. The van der Waals surface area contributed by atoms with Gasteiger partial charge in [-0.2, -0.15) is 0 Å². The largest absolute Gasteiger partial charge is 0.497 e. The standard InChI is InChI=1S/C21H28N2O3/c1-22-17-8-5-15(19(22)24)13-23(14-17)20(25)21(11-3-4-12-21)16-6-9-18(26-2)10-7-16/h6-7,9-10,15,17H,3-5,8,11-14H2,1-2H3/t15-,17+/m1/s1. The molecular formula is C21H28N2O3. The number of methoxy groups -OCH3 is 1. The number of carbonyl (C=O) groups excluding carboxylic acids is 2. The topological polar surface area (TPSA) is 49.9 Å². The molecule has 0 unspecified atom stereocenters. The normalized spacial score (nSPS) is 27.5. The Balaban J connectivity index is 1.64. The van der Waals surface area contributed by atoms with E-state index < -0.39 is 5.41 Å². The van der Waals surface area contributed by atoms with Crippen LogP contribution in [-0.2, 0) is 15.0 Å². The number of likely N-dealkylation sites (N-methyl/N-ethyl adjacent to an activating group) is 1. The first-order valence-corrected chi connectivity index (χ1v) is 9.76. The Morgan fingerprint density at radius 2 is 1.81 bits per heavy atom. The fourth-order valence-corrected chi connectivity index (χ4v) is 5.14. The van der Waals surface area contributed by atoms with E-state index in [9.17, 15) is 9.59 Å².